The number of nitrogens with zero attached hydrogens (tertiary/aromatic N) is 4. The van der Waals surface area contributed by atoms with Gasteiger partial charge in [-0.25, -0.2) is 9.48 Å². The van der Waals surface area contributed by atoms with E-state index in [2.05, 4.69) is 52.5 Å². The zero-order valence-electron chi connectivity index (χ0n) is 22.8. The van der Waals surface area contributed by atoms with Crippen molar-refractivity contribution in [1.29, 1.82) is 0 Å². The first-order valence-electron chi connectivity index (χ1n) is 13.8. The number of ether oxygens (including phenoxy) is 1. The number of nitrogens with one attached hydrogen (secondary N) is 1. The van der Waals surface area contributed by atoms with E-state index in [1.807, 2.05) is 84.1 Å². The molecule has 0 aliphatic carbocycles. The van der Waals surface area contributed by atoms with Gasteiger partial charge in [0.05, 0.1) is 36.3 Å². The highest BCUT2D eigenvalue weighted by molar-refractivity contribution is 5.76. The van der Waals surface area contributed by atoms with Crippen LogP contribution in [0, 0.1) is 6.92 Å². The van der Waals surface area contributed by atoms with Crippen LogP contribution in [0.25, 0.3) is 11.5 Å². The zero-order valence-corrected chi connectivity index (χ0v) is 22.8. The molecule has 1 N–H and O–H groups in total. The van der Waals surface area contributed by atoms with Crippen LogP contribution in [0.5, 0.6) is 5.75 Å². The normalized spacial score (nSPS) is 14.2. The van der Waals surface area contributed by atoms with Crippen molar-refractivity contribution < 1.29 is 9.53 Å². The molecule has 0 unspecified atom stereocenters. The molecule has 0 radical (unpaired) electrons. The average molecular weight is 532 g/mol. The molecule has 0 fully saturated rings. The van der Waals surface area contributed by atoms with Gasteiger partial charge in [0.1, 0.15) is 11.6 Å². The van der Waals surface area contributed by atoms with Crippen molar-refractivity contribution in [3.63, 3.8) is 0 Å². The number of carbonyl (C=O) groups is 1. The average Bonchev–Trinajstić information content (AvgIpc) is 3.54. The predicted molar refractivity (Wildman–Crippen MR) is 156 cm³/mol. The summed E-state index contributed by atoms with van der Waals surface area (Å²) < 4.78 is 10.0. The molecule has 7 nitrogen and oxygen atoms in total. The van der Waals surface area contributed by atoms with E-state index in [9.17, 15) is 4.79 Å². The van der Waals surface area contributed by atoms with Crippen molar-refractivity contribution in [2.24, 2.45) is 0 Å². The van der Waals surface area contributed by atoms with E-state index in [0.29, 0.717) is 19.7 Å². The summed E-state index contributed by atoms with van der Waals surface area (Å²) in [5.74, 6) is 1.74. The highest BCUT2D eigenvalue weighted by Gasteiger charge is 2.36. The van der Waals surface area contributed by atoms with Gasteiger partial charge in [-0.2, -0.15) is 5.10 Å². The van der Waals surface area contributed by atoms with Crippen molar-refractivity contribution in [1.82, 2.24) is 24.6 Å². The third kappa shape index (κ3) is 4.86. The molecule has 3 aromatic carbocycles. The van der Waals surface area contributed by atoms with Gasteiger partial charge in [0.2, 0.25) is 0 Å². The molecule has 0 bridgehead atoms. The van der Waals surface area contributed by atoms with Crippen molar-refractivity contribution in [2.75, 3.05) is 13.2 Å². The number of para-hydroxylation sites is 1. The van der Waals surface area contributed by atoms with Gasteiger partial charge in [-0.1, -0.05) is 60.7 Å². The molecule has 2 aromatic heterocycles. The van der Waals surface area contributed by atoms with E-state index >= 15 is 0 Å². The standard InChI is InChI=1S/C33H33N5O2/c1-3-40-28-17-10-14-26(22-28)31-30-18-11-21-36(30)32-29(24(2)35-38(32)27-15-8-5-9-16-27)23-37(31)33(39)34-20-19-25-12-6-4-7-13-25/h4-18,21-22,31H,3,19-20,23H2,1-2H3,(H,34,39)/t31-/m0/s1. The van der Waals surface area contributed by atoms with Gasteiger partial charge in [0.15, 0.2) is 0 Å². The van der Waals surface area contributed by atoms with Crippen LogP contribution < -0.4 is 10.1 Å². The minimum atomic E-state index is -0.330. The van der Waals surface area contributed by atoms with Gasteiger partial charge >= 0.3 is 6.03 Å². The van der Waals surface area contributed by atoms with E-state index in [-0.39, 0.29) is 12.1 Å². The number of amides is 2. The lowest BCUT2D eigenvalue weighted by atomic mass is 10.0. The molecule has 7 heteroatoms. The second kappa shape index (κ2) is 11.1. The number of benzene rings is 3. The Labute approximate surface area is 234 Å². The maximum atomic E-state index is 14.0. The number of urea groups is 1. The summed E-state index contributed by atoms with van der Waals surface area (Å²) in [6.45, 7) is 5.52. The van der Waals surface area contributed by atoms with Crippen molar-refractivity contribution in [3.8, 4) is 17.3 Å². The second-order valence-corrected chi connectivity index (χ2v) is 9.94. The molecule has 0 spiro atoms. The number of aryl methyl sites for hydroxylation is 1. The highest BCUT2D eigenvalue weighted by Crippen LogP contribution is 2.39. The number of hydrogen-bond donors (Lipinski definition) is 1. The van der Waals surface area contributed by atoms with E-state index < -0.39 is 0 Å². The number of carbonyl (C=O) groups excluding carboxylic acids is 1. The van der Waals surface area contributed by atoms with Crippen LogP contribution in [0.2, 0.25) is 0 Å². The number of rotatable bonds is 7. The molecule has 202 valence electrons. The first kappa shape index (κ1) is 25.5. The lowest BCUT2D eigenvalue weighted by Crippen LogP contribution is -2.42. The third-order valence-corrected chi connectivity index (χ3v) is 7.37. The van der Waals surface area contributed by atoms with Crippen molar-refractivity contribution >= 4 is 6.03 Å². The summed E-state index contributed by atoms with van der Waals surface area (Å²) in [6, 6.07) is 32.1. The van der Waals surface area contributed by atoms with E-state index in [1.165, 1.54) is 5.56 Å². The Morgan fingerprint density at radius 3 is 2.52 bits per heavy atom. The van der Waals surface area contributed by atoms with Gasteiger partial charge in [-0.15, -0.1) is 0 Å². The summed E-state index contributed by atoms with van der Waals surface area (Å²) in [7, 11) is 0. The topological polar surface area (TPSA) is 64.3 Å². The molecular formula is C33H33N5O2. The Kier molecular flexibility index (Phi) is 7.10. The van der Waals surface area contributed by atoms with Gasteiger partial charge < -0.3 is 19.5 Å². The van der Waals surface area contributed by atoms with Gasteiger partial charge in [0, 0.05) is 18.3 Å². The molecule has 40 heavy (non-hydrogen) atoms. The fourth-order valence-electron chi connectivity index (χ4n) is 5.50. The predicted octanol–water partition coefficient (Wildman–Crippen LogP) is 6.23. The minimum Gasteiger partial charge on any atom is -0.494 e. The summed E-state index contributed by atoms with van der Waals surface area (Å²) in [6.07, 6.45) is 2.82. The third-order valence-electron chi connectivity index (χ3n) is 7.37. The Balaban J connectivity index is 1.44. The van der Waals surface area contributed by atoms with Crippen LogP contribution in [0.1, 0.15) is 41.0 Å². The largest absolute Gasteiger partial charge is 0.494 e. The first-order chi connectivity index (χ1) is 19.6. The SMILES string of the molecule is CCOc1cccc([C@H]2c3cccn3-c3c(c(C)nn3-c3ccccc3)CN2C(=O)NCCc2ccccc2)c1. The number of hydrogen-bond acceptors (Lipinski definition) is 3. The quantitative estimate of drug-likeness (QED) is 0.271. The second-order valence-electron chi connectivity index (χ2n) is 9.94. The molecular weight excluding hydrogens is 498 g/mol. The van der Waals surface area contributed by atoms with Crippen LogP contribution in [0.4, 0.5) is 4.79 Å². The lowest BCUT2D eigenvalue weighted by molar-refractivity contribution is 0.180. The fourth-order valence-corrected chi connectivity index (χ4v) is 5.50. The van der Waals surface area contributed by atoms with Crippen LogP contribution in [-0.4, -0.2) is 38.4 Å². The molecule has 1 atom stereocenters. The van der Waals surface area contributed by atoms with E-state index in [1.54, 1.807) is 0 Å². The first-order valence-corrected chi connectivity index (χ1v) is 13.8. The van der Waals surface area contributed by atoms with Crippen molar-refractivity contribution in [2.45, 2.75) is 32.9 Å². The Morgan fingerprint density at radius 2 is 1.75 bits per heavy atom. The molecule has 1 aliphatic heterocycles. The van der Waals surface area contributed by atoms with Crippen LogP contribution in [0.15, 0.2) is 103 Å². The van der Waals surface area contributed by atoms with Crippen LogP contribution in [0.3, 0.4) is 0 Å². The summed E-state index contributed by atoms with van der Waals surface area (Å²) in [5, 5.41) is 8.13. The molecule has 6 rings (SSSR count). The van der Waals surface area contributed by atoms with Crippen LogP contribution >= 0.6 is 0 Å². The number of fused-ring (bicyclic) bond motifs is 3. The maximum Gasteiger partial charge on any atom is 0.318 e. The minimum absolute atomic E-state index is 0.116. The monoisotopic (exact) mass is 531 g/mol. The molecule has 0 saturated heterocycles. The Morgan fingerprint density at radius 1 is 0.975 bits per heavy atom. The van der Waals surface area contributed by atoms with E-state index in [4.69, 9.17) is 9.84 Å². The molecule has 3 heterocycles. The van der Waals surface area contributed by atoms with Crippen molar-refractivity contribution in [3.05, 3.63) is 131 Å². The smallest absolute Gasteiger partial charge is 0.318 e. The van der Waals surface area contributed by atoms with Gasteiger partial charge in [0.25, 0.3) is 0 Å². The number of aromatic nitrogens is 3. The molecule has 1 aliphatic rings. The van der Waals surface area contributed by atoms with Gasteiger partial charge in [-0.3, -0.25) is 0 Å². The highest BCUT2D eigenvalue weighted by atomic mass is 16.5. The van der Waals surface area contributed by atoms with E-state index in [0.717, 1.165) is 46.2 Å². The summed E-state index contributed by atoms with van der Waals surface area (Å²) in [5.41, 5.74) is 6.05. The molecule has 0 saturated carbocycles. The summed E-state index contributed by atoms with van der Waals surface area (Å²) in [4.78, 5) is 15.9. The van der Waals surface area contributed by atoms with Crippen LogP contribution in [-0.2, 0) is 13.0 Å². The Bertz CT molecular complexity index is 1610. The maximum absolute atomic E-state index is 14.0. The molecule has 5 aromatic rings. The Hall–Kier alpha value is -4.78. The fraction of sp³-hybridized carbons (Fsp3) is 0.212. The summed E-state index contributed by atoms with van der Waals surface area (Å²) >= 11 is 0. The lowest BCUT2D eigenvalue weighted by Gasteiger charge is -2.31. The zero-order chi connectivity index (χ0) is 27.5. The van der Waals surface area contributed by atoms with Gasteiger partial charge in [-0.05, 0) is 67.8 Å². The molecule has 2 amide bonds.